The van der Waals surface area contributed by atoms with Crippen LogP contribution in [0.2, 0.25) is 0 Å². The molecule has 1 rings (SSSR count). The van der Waals surface area contributed by atoms with Gasteiger partial charge >= 0.3 is 6.09 Å². The van der Waals surface area contributed by atoms with Crippen molar-refractivity contribution in [2.75, 3.05) is 19.6 Å². The summed E-state index contributed by atoms with van der Waals surface area (Å²) >= 11 is 0. The Kier molecular flexibility index (Phi) is 4.13. The molecule has 14 heavy (non-hydrogen) atoms. The van der Waals surface area contributed by atoms with E-state index in [0.29, 0.717) is 26.1 Å². The van der Waals surface area contributed by atoms with Crippen LogP contribution in [0.5, 0.6) is 0 Å². The van der Waals surface area contributed by atoms with Crippen molar-refractivity contribution in [3.05, 3.63) is 0 Å². The molecule has 0 saturated carbocycles. The molecule has 0 spiro atoms. The van der Waals surface area contributed by atoms with Crippen LogP contribution >= 0.6 is 0 Å². The molecule has 2 N–H and O–H groups in total. The molecule has 5 heteroatoms. The van der Waals surface area contributed by atoms with Gasteiger partial charge in [0.05, 0.1) is 6.04 Å². The van der Waals surface area contributed by atoms with Crippen molar-refractivity contribution in [3.8, 4) is 0 Å². The van der Waals surface area contributed by atoms with E-state index in [0.717, 1.165) is 6.42 Å². The summed E-state index contributed by atoms with van der Waals surface area (Å²) in [5, 5.41) is 11.9. The van der Waals surface area contributed by atoms with Crippen molar-refractivity contribution >= 4 is 6.09 Å². The number of hydrogen-bond donors (Lipinski definition) is 2. The van der Waals surface area contributed by atoms with Gasteiger partial charge in [-0.15, -0.1) is 0 Å². The molecule has 4 nitrogen and oxygen atoms in total. The summed E-state index contributed by atoms with van der Waals surface area (Å²) in [4.78, 5) is 12.0. The quantitative estimate of drug-likeness (QED) is 0.723. The molecule has 1 fully saturated rings. The normalized spacial score (nSPS) is 24.7. The van der Waals surface area contributed by atoms with E-state index in [2.05, 4.69) is 5.32 Å². The first-order valence-electron chi connectivity index (χ1n) is 5.01. The van der Waals surface area contributed by atoms with Crippen LogP contribution in [0.4, 0.5) is 9.18 Å². The van der Waals surface area contributed by atoms with Gasteiger partial charge in [0.2, 0.25) is 0 Å². The Morgan fingerprint density at radius 3 is 3.07 bits per heavy atom. The Balaban J connectivity index is 2.57. The first kappa shape index (κ1) is 11.2. The van der Waals surface area contributed by atoms with Gasteiger partial charge < -0.3 is 10.4 Å². The second-order valence-corrected chi connectivity index (χ2v) is 3.55. The average molecular weight is 204 g/mol. The number of nitrogens with one attached hydrogen (secondary N) is 1. The van der Waals surface area contributed by atoms with Crippen molar-refractivity contribution in [1.82, 2.24) is 10.2 Å². The van der Waals surface area contributed by atoms with Crippen molar-refractivity contribution in [1.29, 1.82) is 0 Å². The van der Waals surface area contributed by atoms with Crippen molar-refractivity contribution in [2.45, 2.75) is 32.0 Å². The molecule has 0 aliphatic carbocycles. The van der Waals surface area contributed by atoms with Gasteiger partial charge in [-0.3, -0.25) is 4.90 Å². The molecule has 1 heterocycles. The minimum absolute atomic E-state index is 0.379. The lowest BCUT2D eigenvalue weighted by molar-refractivity contribution is 0.0723. The van der Waals surface area contributed by atoms with Crippen molar-refractivity contribution in [2.24, 2.45) is 0 Å². The maximum Gasteiger partial charge on any atom is 0.407 e. The lowest BCUT2D eigenvalue weighted by Gasteiger charge is -2.35. The van der Waals surface area contributed by atoms with Crippen molar-refractivity contribution in [3.63, 3.8) is 0 Å². The highest BCUT2D eigenvalue weighted by atomic mass is 19.1. The maximum atomic E-state index is 13.6. The third kappa shape index (κ3) is 2.57. The molecule has 0 bridgehead atoms. The van der Waals surface area contributed by atoms with Gasteiger partial charge in [0.25, 0.3) is 0 Å². The van der Waals surface area contributed by atoms with E-state index >= 15 is 0 Å². The third-order valence-corrected chi connectivity index (χ3v) is 2.51. The number of rotatable bonds is 3. The first-order chi connectivity index (χ1) is 6.66. The minimum Gasteiger partial charge on any atom is -0.465 e. The Morgan fingerprint density at radius 2 is 2.50 bits per heavy atom. The molecule has 2 unspecified atom stereocenters. The average Bonchev–Trinajstić information content (AvgIpc) is 2.18. The fourth-order valence-corrected chi connectivity index (χ4v) is 1.75. The predicted molar refractivity (Wildman–Crippen MR) is 51.2 cm³/mol. The largest absolute Gasteiger partial charge is 0.465 e. The summed E-state index contributed by atoms with van der Waals surface area (Å²) in [7, 11) is 0. The van der Waals surface area contributed by atoms with E-state index in [9.17, 15) is 9.18 Å². The highest BCUT2D eigenvalue weighted by molar-refractivity contribution is 5.65. The molecule has 0 aromatic rings. The predicted octanol–water partition coefficient (Wildman–Crippen LogP) is 1.08. The molecule has 82 valence electrons. The summed E-state index contributed by atoms with van der Waals surface area (Å²) in [6.07, 6.45) is -0.902. The van der Waals surface area contributed by atoms with E-state index in [-0.39, 0.29) is 0 Å². The van der Waals surface area contributed by atoms with Gasteiger partial charge in [-0.25, -0.2) is 9.18 Å². The van der Waals surface area contributed by atoms with E-state index in [1.807, 2.05) is 6.92 Å². The summed E-state index contributed by atoms with van der Waals surface area (Å²) in [5.41, 5.74) is 0. The summed E-state index contributed by atoms with van der Waals surface area (Å²) < 4.78 is 13.6. The number of nitrogens with zero attached hydrogens (tertiary/aromatic N) is 1. The zero-order chi connectivity index (χ0) is 10.6. The molecule has 2 atom stereocenters. The molecule has 0 aromatic heterocycles. The van der Waals surface area contributed by atoms with E-state index in [4.69, 9.17) is 5.11 Å². The maximum absolute atomic E-state index is 13.6. The molecular formula is C9H17FN2O2. The van der Waals surface area contributed by atoms with Crippen LogP contribution in [0.1, 0.15) is 19.8 Å². The topological polar surface area (TPSA) is 52.6 Å². The van der Waals surface area contributed by atoms with Gasteiger partial charge in [-0.1, -0.05) is 13.3 Å². The molecule has 1 saturated heterocycles. The van der Waals surface area contributed by atoms with Gasteiger partial charge in [0.1, 0.15) is 6.17 Å². The van der Waals surface area contributed by atoms with Crippen LogP contribution in [0.15, 0.2) is 0 Å². The van der Waals surface area contributed by atoms with Crippen LogP contribution in [0.25, 0.3) is 0 Å². The standard InChI is InChI=1S/C9H17FN2O2/c1-2-3-7(10)8-6-11-4-5-12(8)9(13)14/h7-8,11H,2-6H2,1H3,(H,13,14). The van der Waals surface area contributed by atoms with Gasteiger partial charge in [0, 0.05) is 19.6 Å². The zero-order valence-electron chi connectivity index (χ0n) is 8.37. The highest BCUT2D eigenvalue weighted by Gasteiger charge is 2.32. The summed E-state index contributed by atoms with van der Waals surface area (Å²) in [5.74, 6) is 0. The third-order valence-electron chi connectivity index (χ3n) is 2.51. The monoisotopic (exact) mass is 204 g/mol. The number of carboxylic acid groups (broad SMARTS) is 1. The minimum atomic E-state index is -1.05. The van der Waals surface area contributed by atoms with Gasteiger partial charge in [-0.2, -0.15) is 0 Å². The number of alkyl halides is 1. The fourth-order valence-electron chi connectivity index (χ4n) is 1.75. The molecule has 1 aliphatic rings. The van der Waals surface area contributed by atoms with Gasteiger partial charge in [-0.05, 0) is 6.42 Å². The fraction of sp³-hybridized carbons (Fsp3) is 0.889. The molecule has 1 aliphatic heterocycles. The Labute approximate surface area is 83.1 Å². The smallest absolute Gasteiger partial charge is 0.407 e. The molecule has 0 aromatic carbocycles. The van der Waals surface area contributed by atoms with E-state index < -0.39 is 18.3 Å². The Bertz CT molecular complexity index is 201. The first-order valence-corrected chi connectivity index (χ1v) is 5.01. The van der Waals surface area contributed by atoms with Crippen LogP contribution in [-0.2, 0) is 0 Å². The number of piperazine rings is 1. The lowest BCUT2D eigenvalue weighted by atomic mass is 10.0. The number of carbonyl (C=O) groups is 1. The van der Waals surface area contributed by atoms with E-state index in [1.165, 1.54) is 4.90 Å². The summed E-state index contributed by atoms with van der Waals surface area (Å²) in [6, 6.07) is -0.513. The van der Waals surface area contributed by atoms with Crippen LogP contribution in [0, 0.1) is 0 Å². The number of amides is 1. The zero-order valence-corrected chi connectivity index (χ0v) is 8.37. The van der Waals surface area contributed by atoms with Crippen molar-refractivity contribution < 1.29 is 14.3 Å². The van der Waals surface area contributed by atoms with Crippen LogP contribution in [-0.4, -0.2) is 47.9 Å². The SMILES string of the molecule is CCCC(F)C1CNCCN1C(=O)O. The van der Waals surface area contributed by atoms with Crippen LogP contribution < -0.4 is 5.32 Å². The second kappa shape index (κ2) is 5.14. The molecule has 0 radical (unpaired) electrons. The Hall–Kier alpha value is -0.840. The number of halogens is 1. The lowest BCUT2D eigenvalue weighted by Crippen LogP contribution is -2.57. The highest BCUT2D eigenvalue weighted by Crippen LogP contribution is 2.15. The number of hydrogen-bond acceptors (Lipinski definition) is 2. The molecular weight excluding hydrogens is 187 g/mol. The Morgan fingerprint density at radius 1 is 1.79 bits per heavy atom. The van der Waals surface area contributed by atoms with Crippen LogP contribution in [0.3, 0.4) is 0 Å². The van der Waals surface area contributed by atoms with Gasteiger partial charge in [0.15, 0.2) is 0 Å². The summed E-state index contributed by atoms with van der Waals surface area (Å²) in [6.45, 7) is 3.31. The molecule has 1 amide bonds. The second-order valence-electron chi connectivity index (χ2n) is 3.55. The van der Waals surface area contributed by atoms with E-state index in [1.54, 1.807) is 0 Å².